The summed E-state index contributed by atoms with van der Waals surface area (Å²) in [7, 11) is 0. The van der Waals surface area contributed by atoms with Crippen molar-refractivity contribution in [3.63, 3.8) is 0 Å². The van der Waals surface area contributed by atoms with Crippen molar-refractivity contribution in [1.29, 1.82) is 0 Å². The summed E-state index contributed by atoms with van der Waals surface area (Å²) in [6.45, 7) is -0.214. The number of hydrogen-bond donors (Lipinski definition) is 2. The molecule has 0 aromatic heterocycles. The van der Waals surface area contributed by atoms with E-state index in [4.69, 9.17) is 15.6 Å². The van der Waals surface area contributed by atoms with Gasteiger partial charge >= 0.3 is 5.97 Å². The second kappa shape index (κ2) is 4.33. The SMILES string of the molecule is NC(COc1ccccc1F)(C(=O)O)C1CC1. The van der Waals surface area contributed by atoms with Crippen molar-refractivity contribution in [2.75, 3.05) is 6.61 Å². The Labute approximate surface area is 98.2 Å². The van der Waals surface area contributed by atoms with Crippen LogP contribution in [0.1, 0.15) is 12.8 Å². The van der Waals surface area contributed by atoms with Crippen LogP contribution >= 0.6 is 0 Å². The number of aliphatic carboxylic acids is 1. The molecule has 2 rings (SSSR count). The van der Waals surface area contributed by atoms with E-state index in [1.165, 1.54) is 18.2 Å². The van der Waals surface area contributed by atoms with Crippen LogP contribution in [0.3, 0.4) is 0 Å². The van der Waals surface area contributed by atoms with E-state index >= 15 is 0 Å². The quantitative estimate of drug-likeness (QED) is 0.814. The van der Waals surface area contributed by atoms with Crippen LogP contribution in [-0.2, 0) is 4.79 Å². The molecule has 3 N–H and O–H groups in total. The Hall–Kier alpha value is -1.62. The van der Waals surface area contributed by atoms with Crippen molar-refractivity contribution in [3.8, 4) is 5.75 Å². The number of carbonyl (C=O) groups is 1. The van der Waals surface area contributed by atoms with Gasteiger partial charge in [-0.05, 0) is 30.9 Å². The molecule has 1 aliphatic carbocycles. The van der Waals surface area contributed by atoms with Crippen LogP contribution in [0, 0.1) is 11.7 Å². The molecule has 0 amide bonds. The van der Waals surface area contributed by atoms with E-state index in [0.29, 0.717) is 0 Å². The van der Waals surface area contributed by atoms with Gasteiger partial charge in [0.15, 0.2) is 17.1 Å². The van der Waals surface area contributed by atoms with Crippen LogP contribution in [0.2, 0.25) is 0 Å². The predicted molar refractivity (Wildman–Crippen MR) is 59.2 cm³/mol. The molecule has 0 spiro atoms. The van der Waals surface area contributed by atoms with Gasteiger partial charge in [-0.1, -0.05) is 12.1 Å². The Bertz CT molecular complexity index is 434. The monoisotopic (exact) mass is 239 g/mol. The summed E-state index contributed by atoms with van der Waals surface area (Å²) in [5, 5.41) is 9.09. The van der Waals surface area contributed by atoms with Crippen molar-refractivity contribution in [2.24, 2.45) is 11.7 Å². The Balaban J connectivity index is 2.06. The largest absolute Gasteiger partial charge is 0.488 e. The molecular weight excluding hydrogens is 225 g/mol. The molecule has 92 valence electrons. The van der Waals surface area contributed by atoms with Crippen molar-refractivity contribution < 1.29 is 19.0 Å². The van der Waals surface area contributed by atoms with Gasteiger partial charge in [0.2, 0.25) is 0 Å². The molecule has 1 aliphatic rings. The summed E-state index contributed by atoms with van der Waals surface area (Å²) in [4.78, 5) is 11.1. The fourth-order valence-electron chi connectivity index (χ4n) is 1.71. The maximum Gasteiger partial charge on any atom is 0.327 e. The third-order valence-corrected chi connectivity index (χ3v) is 3.01. The van der Waals surface area contributed by atoms with Crippen LogP contribution in [0.5, 0.6) is 5.75 Å². The fourth-order valence-corrected chi connectivity index (χ4v) is 1.71. The molecule has 1 atom stereocenters. The molecule has 0 bridgehead atoms. The standard InChI is InChI=1S/C12H14FNO3/c13-9-3-1-2-4-10(9)17-7-12(14,11(15)16)8-5-6-8/h1-4,8H,5-7,14H2,(H,15,16). The molecule has 0 radical (unpaired) electrons. The molecular formula is C12H14FNO3. The number of halogens is 1. The third kappa shape index (κ3) is 2.39. The molecule has 5 heteroatoms. The number of benzene rings is 1. The number of rotatable bonds is 5. The normalized spacial score (nSPS) is 18.5. The summed E-state index contributed by atoms with van der Waals surface area (Å²) < 4.78 is 18.5. The average molecular weight is 239 g/mol. The lowest BCUT2D eigenvalue weighted by Crippen LogP contribution is -2.54. The molecule has 1 unspecified atom stereocenters. The highest BCUT2D eigenvalue weighted by molar-refractivity contribution is 5.79. The second-order valence-electron chi connectivity index (χ2n) is 4.34. The van der Waals surface area contributed by atoms with Crippen LogP contribution < -0.4 is 10.5 Å². The van der Waals surface area contributed by atoms with Crippen LogP contribution in [0.25, 0.3) is 0 Å². The lowest BCUT2D eigenvalue weighted by Gasteiger charge is -2.24. The zero-order chi connectivity index (χ0) is 12.5. The van der Waals surface area contributed by atoms with Crippen molar-refractivity contribution in [2.45, 2.75) is 18.4 Å². The van der Waals surface area contributed by atoms with Gasteiger partial charge in [0.05, 0.1) is 0 Å². The Morgan fingerprint density at radius 2 is 2.18 bits per heavy atom. The van der Waals surface area contributed by atoms with Gasteiger partial charge in [0.1, 0.15) is 6.61 Å². The molecule has 1 aromatic carbocycles. The summed E-state index contributed by atoms with van der Waals surface area (Å²) in [5.41, 5.74) is 4.38. The van der Waals surface area contributed by atoms with E-state index in [-0.39, 0.29) is 18.3 Å². The summed E-state index contributed by atoms with van der Waals surface area (Å²) in [6, 6.07) is 5.86. The Kier molecular flexibility index (Phi) is 3.02. The predicted octanol–water partition coefficient (Wildman–Crippen LogP) is 1.40. The van der Waals surface area contributed by atoms with Crippen LogP contribution in [0.4, 0.5) is 4.39 Å². The van der Waals surface area contributed by atoms with Gasteiger partial charge in [-0.25, -0.2) is 4.39 Å². The number of hydrogen-bond acceptors (Lipinski definition) is 3. The van der Waals surface area contributed by atoms with E-state index in [1.54, 1.807) is 6.07 Å². The van der Waals surface area contributed by atoms with E-state index in [2.05, 4.69) is 0 Å². The number of carboxylic acid groups (broad SMARTS) is 1. The maximum atomic E-state index is 13.3. The van der Waals surface area contributed by atoms with E-state index in [9.17, 15) is 9.18 Å². The maximum absolute atomic E-state index is 13.3. The van der Waals surface area contributed by atoms with Crippen LogP contribution in [0.15, 0.2) is 24.3 Å². The van der Waals surface area contributed by atoms with Gasteiger partial charge in [-0.2, -0.15) is 0 Å². The first-order valence-electron chi connectivity index (χ1n) is 5.43. The summed E-state index contributed by atoms with van der Waals surface area (Å²) in [6.07, 6.45) is 1.56. The molecule has 0 aliphatic heterocycles. The zero-order valence-electron chi connectivity index (χ0n) is 9.23. The van der Waals surface area contributed by atoms with E-state index in [0.717, 1.165) is 12.8 Å². The van der Waals surface area contributed by atoms with Gasteiger partial charge in [0.25, 0.3) is 0 Å². The lowest BCUT2D eigenvalue weighted by molar-refractivity contribution is -0.145. The van der Waals surface area contributed by atoms with E-state index in [1.807, 2.05) is 0 Å². The van der Waals surface area contributed by atoms with Gasteiger partial charge in [-0.3, -0.25) is 4.79 Å². The minimum atomic E-state index is -1.41. The van der Waals surface area contributed by atoms with Crippen molar-refractivity contribution in [1.82, 2.24) is 0 Å². The Morgan fingerprint density at radius 1 is 1.53 bits per heavy atom. The fraction of sp³-hybridized carbons (Fsp3) is 0.417. The van der Waals surface area contributed by atoms with Gasteiger partial charge in [-0.15, -0.1) is 0 Å². The number of nitrogens with two attached hydrogens (primary N) is 1. The Morgan fingerprint density at radius 3 is 2.71 bits per heavy atom. The number of carboxylic acids is 1. The molecule has 1 aromatic rings. The highest BCUT2D eigenvalue weighted by Gasteiger charge is 2.49. The smallest absolute Gasteiger partial charge is 0.327 e. The second-order valence-corrected chi connectivity index (χ2v) is 4.34. The highest BCUT2D eigenvalue weighted by atomic mass is 19.1. The molecule has 17 heavy (non-hydrogen) atoms. The first-order chi connectivity index (χ1) is 8.04. The summed E-state index contributed by atoms with van der Waals surface area (Å²) in [5.74, 6) is -1.66. The first-order valence-corrected chi connectivity index (χ1v) is 5.43. The topological polar surface area (TPSA) is 72.5 Å². The summed E-state index contributed by atoms with van der Waals surface area (Å²) >= 11 is 0. The molecule has 0 saturated heterocycles. The molecule has 1 saturated carbocycles. The van der Waals surface area contributed by atoms with Gasteiger partial charge < -0.3 is 15.6 Å². The highest BCUT2D eigenvalue weighted by Crippen LogP contribution is 2.38. The molecule has 1 fully saturated rings. The van der Waals surface area contributed by atoms with Crippen molar-refractivity contribution in [3.05, 3.63) is 30.1 Å². The number of para-hydroxylation sites is 1. The van der Waals surface area contributed by atoms with Gasteiger partial charge in [0, 0.05) is 0 Å². The minimum Gasteiger partial charge on any atom is -0.488 e. The van der Waals surface area contributed by atoms with Crippen molar-refractivity contribution >= 4 is 5.97 Å². The number of ether oxygens (including phenoxy) is 1. The first kappa shape index (κ1) is 11.9. The molecule has 4 nitrogen and oxygen atoms in total. The molecule has 0 heterocycles. The van der Waals surface area contributed by atoms with E-state index < -0.39 is 17.3 Å². The minimum absolute atomic E-state index is 0.0317. The average Bonchev–Trinajstić information content (AvgIpc) is 3.11. The zero-order valence-corrected chi connectivity index (χ0v) is 9.23. The third-order valence-electron chi connectivity index (χ3n) is 3.01. The van der Waals surface area contributed by atoms with Crippen LogP contribution in [-0.4, -0.2) is 23.2 Å². The lowest BCUT2D eigenvalue weighted by atomic mass is 9.96.